The van der Waals surface area contributed by atoms with Gasteiger partial charge in [-0.25, -0.2) is 4.79 Å². The third kappa shape index (κ3) is 4.84. The standard InChI is InChI=1S/C19H17BrN2O4S/c20-12-7-4-11(5-8-12)6-9-16(24)26-10-15(23)22-19-17(18(21)25)13-2-1-3-14(13)27-19/h4-9H,1-3,10H2,(H2,21,25)(H,22,23)/b9-6+. The van der Waals surface area contributed by atoms with Crippen molar-refractivity contribution in [3.63, 3.8) is 0 Å². The highest BCUT2D eigenvalue weighted by molar-refractivity contribution is 9.10. The predicted molar refractivity (Wildman–Crippen MR) is 108 cm³/mol. The number of esters is 1. The quantitative estimate of drug-likeness (QED) is 0.522. The second kappa shape index (κ2) is 8.49. The molecule has 1 heterocycles. The van der Waals surface area contributed by atoms with Crippen molar-refractivity contribution in [2.75, 3.05) is 11.9 Å². The van der Waals surface area contributed by atoms with Crippen LogP contribution in [0.15, 0.2) is 34.8 Å². The molecule has 1 aromatic carbocycles. The first-order chi connectivity index (χ1) is 12.9. The Balaban J connectivity index is 1.55. The number of halogens is 1. The molecule has 6 nitrogen and oxygen atoms in total. The first-order valence-corrected chi connectivity index (χ1v) is 9.89. The van der Waals surface area contributed by atoms with Crippen molar-refractivity contribution in [3.05, 3.63) is 56.4 Å². The van der Waals surface area contributed by atoms with E-state index in [0.717, 1.165) is 39.7 Å². The van der Waals surface area contributed by atoms with Crippen molar-refractivity contribution in [1.82, 2.24) is 0 Å². The summed E-state index contributed by atoms with van der Waals surface area (Å²) in [5.41, 5.74) is 7.59. The summed E-state index contributed by atoms with van der Waals surface area (Å²) >= 11 is 4.69. The van der Waals surface area contributed by atoms with Crippen molar-refractivity contribution in [2.45, 2.75) is 19.3 Å². The lowest BCUT2D eigenvalue weighted by Gasteiger charge is -2.06. The number of amides is 2. The second-order valence-corrected chi connectivity index (χ2v) is 7.99. The highest BCUT2D eigenvalue weighted by Crippen LogP contribution is 2.38. The molecule has 3 rings (SSSR count). The maximum absolute atomic E-state index is 12.1. The van der Waals surface area contributed by atoms with Gasteiger partial charge in [0.1, 0.15) is 5.00 Å². The van der Waals surface area contributed by atoms with E-state index in [4.69, 9.17) is 10.5 Å². The molecule has 0 spiro atoms. The van der Waals surface area contributed by atoms with Gasteiger partial charge in [-0.3, -0.25) is 9.59 Å². The molecule has 1 aliphatic rings. The average molecular weight is 449 g/mol. The molecule has 1 aromatic heterocycles. The van der Waals surface area contributed by atoms with Crippen LogP contribution in [0, 0.1) is 0 Å². The highest BCUT2D eigenvalue weighted by atomic mass is 79.9. The minimum Gasteiger partial charge on any atom is -0.452 e. The summed E-state index contributed by atoms with van der Waals surface area (Å²) in [7, 11) is 0. The maximum Gasteiger partial charge on any atom is 0.331 e. The van der Waals surface area contributed by atoms with Gasteiger partial charge in [0, 0.05) is 15.4 Å². The Morgan fingerprint density at radius 3 is 2.67 bits per heavy atom. The lowest BCUT2D eigenvalue weighted by atomic mass is 10.1. The number of fused-ring (bicyclic) bond motifs is 1. The van der Waals surface area contributed by atoms with E-state index in [1.54, 1.807) is 6.08 Å². The fourth-order valence-corrected chi connectivity index (χ4v) is 4.41. The van der Waals surface area contributed by atoms with Crippen LogP contribution in [-0.4, -0.2) is 24.4 Å². The molecule has 8 heteroatoms. The van der Waals surface area contributed by atoms with E-state index >= 15 is 0 Å². The minimum absolute atomic E-state index is 0.377. The molecule has 1 aliphatic carbocycles. The van der Waals surface area contributed by atoms with E-state index < -0.39 is 24.4 Å². The molecule has 0 unspecified atom stereocenters. The van der Waals surface area contributed by atoms with E-state index in [0.29, 0.717) is 10.6 Å². The van der Waals surface area contributed by atoms with Gasteiger partial charge in [0.2, 0.25) is 0 Å². The summed E-state index contributed by atoms with van der Waals surface area (Å²) in [5, 5.41) is 3.06. The Kier molecular flexibility index (Phi) is 6.08. The van der Waals surface area contributed by atoms with E-state index in [-0.39, 0.29) is 0 Å². The van der Waals surface area contributed by atoms with Gasteiger partial charge in [-0.15, -0.1) is 11.3 Å². The van der Waals surface area contributed by atoms with Crippen LogP contribution in [0.4, 0.5) is 5.00 Å². The molecule has 27 heavy (non-hydrogen) atoms. The fraction of sp³-hybridized carbons (Fsp3) is 0.211. The number of aryl methyl sites for hydroxylation is 1. The van der Waals surface area contributed by atoms with Crippen LogP contribution >= 0.6 is 27.3 Å². The Hall–Kier alpha value is -2.45. The van der Waals surface area contributed by atoms with E-state index in [2.05, 4.69) is 21.2 Å². The number of benzene rings is 1. The van der Waals surface area contributed by atoms with Crippen LogP contribution in [0.5, 0.6) is 0 Å². The summed E-state index contributed by atoms with van der Waals surface area (Å²) in [6.07, 6.45) is 5.51. The lowest BCUT2D eigenvalue weighted by Crippen LogP contribution is -2.22. The molecule has 0 bridgehead atoms. The molecule has 2 aromatic rings. The number of rotatable bonds is 6. The molecule has 0 aliphatic heterocycles. The number of hydrogen-bond acceptors (Lipinski definition) is 5. The summed E-state index contributed by atoms with van der Waals surface area (Å²) in [6.45, 7) is -0.440. The summed E-state index contributed by atoms with van der Waals surface area (Å²) in [6, 6.07) is 7.38. The first kappa shape index (κ1) is 19.3. The van der Waals surface area contributed by atoms with Gasteiger partial charge >= 0.3 is 5.97 Å². The van der Waals surface area contributed by atoms with Gasteiger partial charge in [-0.2, -0.15) is 0 Å². The predicted octanol–water partition coefficient (Wildman–Crippen LogP) is 3.29. The second-order valence-electron chi connectivity index (χ2n) is 5.97. The Bertz CT molecular complexity index is 919. The van der Waals surface area contributed by atoms with Crippen LogP contribution in [0.3, 0.4) is 0 Å². The maximum atomic E-state index is 12.1. The number of anilines is 1. The molecule has 0 saturated heterocycles. The molecule has 0 fully saturated rings. The van der Waals surface area contributed by atoms with Gasteiger partial charge in [-0.05, 0) is 48.6 Å². The van der Waals surface area contributed by atoms with Gasteiger partial charge < -0.3 is 15.8 Å². The number of hydrogen-bond donors (Lipinski definition) is 2. The van der Waals surface area contributed by atoms with Crippen molar-refractivity contribution >= 4 is 56.1 Å². The molecule has 3 N–H and O–H groups in total. The number of nitrogens with two attached hydrogens (primary N) is 1. The Labute approximate surface area is 168 Å². The minimum atomic E-state index is -0.628. The van der Waals surface area contributed by atoms with Crippen molar-refractivity contribution in [1.29, 1.82) is 0 Å². The molecule has 0 atom stereocenters. The van der Waals surface area contributed by atoms with Crippen molar-refractivity contribution in [2.24, 2.45) is 5.73 Å². The lowest BCUT2D eigenvalue weighted by molar-refractivity contribution is -0.142. The molecule has 140 valence electrons. The van der Waals surface area contributed by atoms with Crippen LogP contribution in [0.1, 0.15) is 32.8 Å². The summed E-state index contributed by atoms with van der Waals surface area (Å²) in [5.74, 6) is -1.70. The van der Waals surface area contributed by atoms with E-state index in [1.807, 2.05) is 24.3 Å². The number of carbonyl (C=O) groups excluding carboxylic acids is 3. The van der Waals surface area contributed by atoms with Gasteiger partial charge in [0.25, 0.3) is 11.8 Å². The smallest absolute Gasteiger partial charge is 0.331 e. The van der Waals surface area contributed by atoms with Crippen LogP contribution in [0.25, 0.3) is 6.08 Å². The molecule has 0 radical (unpaired) electrons. The highest BCUT2D eigenvalue weighted by Gasteiger charge is 2.26. The van der Waals surface area contributed by atoms with Crippen molar-refractivity contribution < 1.29 is 19.1 Å². The SMILES string of the molecule is NC(=O)c1c(NC(=O)COC(=O)/C=C/c2ccc(Br)cc2)sc2c1CCC2. The van der Waals surface area contributed by atoms with Crippen LogP contribution in [0.2, 0.25) is 0 Å². The van der Waals surface area contributed by atoms with Gasteiger partial charge in [0.05, 0.1) is 5.56 Å². The topological polar surface area (TPSA) is 98.5 Å². The van der Waals surface area contributed by atoms with E-state index in [1.165, 1.54) is 17.4 Å². The summed E-state index contributed by atoms with van der Waals surface area (Å²) in [4.78, 5) is 36.6. The first-order valence-electron chi connectivity index (χ1n) is 8.28. The molecular weight excluding hydrogens is 432 g/mol. The fourth-order valence-electron chi connectivity index (χ4n) is 2.84. The van der Waals surface area contributed by atoms with Gasteiger partial charge in [-0.1, -0.05) is 28.1 Å². The zero-order chi connectivity index (χ0) is 19.4. The Morgan fingerprint density at radius 1 is 1.22 bits per heavy atom. The summed E-state index contributed by atoms with van der Waals surface area (Å²) < 4.78 is 5.88. The van der Waals surface area contributed by atoms with Crippen molar-refractivity contribution in [3.8, 4) is 0 Å². The largest absolute Gasteiger partial charge is 0.452 e. The van der Waals surface area contributed by atoms with Crippen LogP contribution < -0.4 is 11.1 Å². The zero-order valence-electron chi connectivity index (χ0n) is 14.3. The third-order valence-corrected chi connectivity index (χ3v) is 5.78. The Morgan fingerprint density at radius 2 is 1.96 bits per heavy atom. The number of primary amides is 1. The van der Waals surface area contributed by atoms with Gasteiger partial charge in [0.15, 0.2) is 6.61 Å². The monoisotopic (exact) mass is 448 g/mol. The molecule has 0 saturated carbocycles. The number of nitrogens with one attached hydrogen (secondary N) is 1. The molecule has 2 amide bonds. The number of ether oxygens (including phenoxy) is 1. The van der Waals surface area contributed by atoms with E-state index in [9.17, 15) is 14.4 Å². The normalized spacial score (nSPS) is 12.8. The zero-order valence-corrected chi connectivity index (χ0v) is 16.7. The average Bonchev–Trinajstić information content (AvgIpc) is 3.19. The number of carbonyl (C=O) groups is 3. The number of thiophene rings is 1. The van der Waals surface area contributed by atoms with Crippen LogP contribution in [-0.2, 0) is 27.2 Å². The third-order valence-electron chi connectivity index (χ3n) is 4.05. The molecular formula is C19H17BrN2O4S.